The van der Waals surface area contributed by atoms with Crippen LogP contribution in [0, 0.1) is 0 Å². The van der Waals surface area contributed by atoms with Crippen molar-refractivity contribution in [3.05, 3.63) is 41.5 Å². The summed E-state index contributed by atoms with van der Waals surface area (Å²) >= 11 is 0. The quantitative estimate of drug-likeness (QED) is 0.832. The van der Waals surface area contributed by atoms with Crippen molar-refractivity contribution in [1.29, 1.82) is 0 Å². The Hall–Kier alpha value is -2.06. The van der Waals surface area contributed by atoms with Gasteiger partial charge in [0.05, 0.1) is 6.04 Å². The number of amides is 1. The minimum Gasteiger partial charge on any atom is -0.346 e. The van der Waals surface area contributed by atoms with Crippen LogP contribution in [-0.2, 0) is 17.3 Å². The highest BCUT2D eigenvalue weighted by atomic mass is 32.2. The molecule has 2 atom stereocenters. The lowest BCUT2D eigenvalue weighted by molar-refractivity contribution is 0.0937. The number of carbonyl (C=O) groups excluding carboxylic acids is 1. The van der Waals surface area contributed by atoms with Crippen LogP contribution in [0.5, 0.6) is 0 Å². The van der Waals surface area contributed by atoms with Crippen molar-refractivity contribution in [2.75, 3.05) is 12.8 Å². The van der Waals surface area contributed by atoms with Gasteiger partial charge in [-0.25, -0.2) is 0 Å². The van der Waals surface area contributed by atoms with Gasteiger partial charge in [0, 0.05) is 34.5 Å². The molecule has 2 aliphatic rings. The van der Waals surface area contributed by atoms with Crippen LogP contribution in [0.1, 0.15) is 53.8 Å². The number of benzene rings is 1. The monoisotopic (exact) mass is 374 g/mol. The van der Waals surface area contributed by atoms with Gasteiger partial charge in [0.1, 0.15) is 0 Å². The van der Waals surface area contributed by atoms with Crippen molar-refractivity contribution in [2.45, 2.75) is 49.2 Å². The normalized spacial score (nSPS) is 21.7. The lowest BCUT2D eigenvalue weighted by Gasteiger charge is -2.21. The summed E-state index contributed by atoms with van der Waals surface area (Å²) in [4.78, 5) is 19.5. The summed E-state index contributed by atoms with van der Waals surface area (Å²) in [5.74, 6) is 0.374. The van der Waals surface area contributed by atoms with Gasteiger partial charge in [-0.3, -0.25) is 13.9 Å². The molecule has 1 amide bonds. The molecule has 7 nitrogen and oxygen atoms in total. The smallest absolute Gasteiger partial charge is 0.292 e. The standard InChI is InChI=1S/C18H22N4O3S/c1-26(24)14-8-4-12(5-9-14)11-22-10-2-3-15(22)18-20-16(21-25-18)17(23)19-13-6-7-13/h4-5,8-9,13,15H,2-3,6-7,10-11H2,1H3,(H,19,23)/t15-,26-/m0/s1. The Bertz CT molecular complexity index is 816. The lowest BCUT2D eigenvalue weighted by Crippen LogP contribution is -2.27. The van der Waals surface area contributed by atoms with Gasteiger partial charge in [-0.2, -0.15) is 4.98 Å². The van der Waals surface area contributed by atoms with Gasteiger partial charge in [0.15, 0.2) is 0 Å². The first-order valence-electron chi connectivity index (χ1n) is 8.91. The van der Waals surface area contributed by atoms with E-state index in [9.17, 15) is 9.00 Å². The Kier molecular flexibility index (Phi) is 4.86. The van der Waals surface area contributed by atoms with Gasteiger partial charge in [-0.1, -0.05) is 17.3 Å². The molecule has 0 bridgehead atoms. The zero-order chi connectivity index (χ0) is 18.1. The fraction of sp³-hybridized carbons (Fsp3) is 0.500. The second-order valence-electron chi connectivity index (χ2n) is 6.93. The predicted octanol–water partition coefficient (Wildman–Crippen LogP) is 2.04. The molecule has 1 aromatic heterocycles. The summed E-state index contributed by atoms with van der Waals surface area (Å²) in [5.41, 5.74) is 1.15. The molecule has 1 saturated carbocycles. The van der Waals surface area contributed by atoms with E-state index in [4.69, 9.17) is 4.52 Å². The molecule has 0 unspecified atom stereocenters. The van der Waals surface area contributed by atoms with Crippen molar-refractivity contribution in [1.82, 2.24) is 20.4 Å². The largest absolute Gasteiger partial charge is 0.346 e. The maximum atomic E-state index is 12.0. The van der Waals surface area contributed by atoms with Crippen LogP contribution in [0.4, 0.5) is 0 Å². The van der Waals surface area contributed by atoms with Gasteiger partial charge in [-0.05, 0) is 49.9 Å². The summed E-state index contributed by atoms with van der Waals surface area (Å²) in [6, 6.07) is 8.13. The molecule has 138 valence electrons. The Labute approximate surface area is 154 Å². The van der Waals surface area contributed by atoms with E-state index < -0.39 is 10.8 Å². The lowest BCUT2D eigenvalue weighted by atomic mass is 10.2. The summed E-state index contributed by atoms with van der Waals surface area (Å²) < 4.78 is 16.9. The molecule has 26 heavy (non-hydrogen) atoms. The maximum Gasteiger partial charge on any atom is 0.292 e. The minimum atomic E-state index is -0.964. The molecule has 1 aliphatic carbocycles. The molecule has 8 heteroatoms. The number of nitrogens with zero attached hydrogens (tertiary/aromatic N) is 3. The number of rotatable bonds is 6. The van der Waals surface area contributed by atoms with E-state index in [1.807, 2.05) is 24.3 Å². The third-order valence-electron chi connectivity index (χ3n) is 4.85. The summed E-state index contributed by atoms with van der Waals surface area (Å²) in [6.45, 7) is 1.70. The predicted molar refractivity (Wildman–Crippen MR) is 95.9 cm³/mol. The topological polar surface area (TPSA) is 88.3 Å². The molecule has 1 aliphatic heterocycles. The van der Waals surface area contributed by atoms with Crippen LogP contribution in [0.25, 0.3) is 0 Å². The van der Waals surface area contributed by atoms with Gasteiger partial charge < -0.3 is 9.84 Å². The Morgan fingerprint density at radius 1 is 1.31 bits per heavy atom. The number of hydrogen-bond donors (Lipinski definition) is 1. The zero-order valence-corrected chi connectivity index (χ0v) is 15.5. The molecule has 0 spiro atoms. The highest BCUT2D eigenvalue weighted by molar-refractivity contribution is 7.84. The second-order valence-corrected chi connectivity index (χ2v) is 8.31. The Balaban J connectivity index is 1.43. The molecular formula is C18H22N4O3S. The van der Waals surface area contributed by atoms with Crippen molar-refractivity contribution in [2.24, 2.45) is 0 Å². The Morgan fingerprint density at radius 2 is 2.08 bits per heavy atom. The van der Waals surface area contributed by atoms with Gasteiger partial charge >= 0.3 is 0 Å². The fourth-order valence-electron chi connectivity index (χ4n) is 3.26. The van der Waals surface area contributed by atoms with Crippen LogP contribution in [-0.4, -0.2) is 44.0 Å². The summed E-state index contributed by atoms with van der Waals surface area (Å²) in [5, 5.41) is 6.73. The fourth-order valence-corrected chi connectivity index (χ4v) is 3.78. The number of likely N-dealkylation sites (tertiary alicyclic amines) is 1. The van der Waals surface area contributed by atoms with Gasteiger partial charge in [0.25, 0.3) is 11.7 Å². The first kappa shape index (κ1) is 17.4. The molecule has 1 saturated heterocycles. The van der Waals surface area contributed by atoms with Crippen molar-refractivity contribution < 1.29 is 13.5 Å². The molecule has 1 aromatic carbocycles. The van der Waals surface area contributed by atoms with Crippen molar-refractivity contribution in [3.8, 4) is 0 Å². The van der Waals surface area contributed by atoms with E-state index in [0.717, 1.165) is 49.2 Å². The maximum absolute atomic E-state index is 12.0. The first-order valence-corrected chi connectivity index (χ1v) is 10.5. The number of aromatic nitrogens is 2. The number of carbonyl (C=O) groups is 1. The van der Waals surface area contributed by atoms with Crippen LogP contribution in [0.15, 0.2) is 33.7 Å². The molecule has 0 radical (unpaired) electrons. The Morgan fingerprint density at radius 3 is 2.77 bits per heavy atom. The number of hydrogen-bond acceptors (Lipinski definition) is 6. The first-order chi connectivity index (χ1) is 12.6. The third kappa shape index (κ3) is 3.86. The van der Waals surface area contributed by atoms with Crippen molar-refractivity contribution >= 4 is 16.7 Å². The van der Waals surface area contributed by atoms with E-state index in [1.165, 1.54) is 0 Å². The van der Waals surface area contributed by atoms with Crippen LogP contribution < -0.4 is 5.32 Å². The van der Waals surface area contributed by atoms with E-state index in [1.54, 1.807) is 6.26 Å². The van der Waals surface area contributed by atoms with Gasteiger partial charge in [-0.15, -0.1) is 0 Å². The van der Waals surface area contributed by atoms with E-state index in [0.29, 0.717) is 5.89 Å². The van der Waals surface area contributed by atoms with Crippen LogP contribution in [0.2, 0.25) is 0 Å². The molecular weight excluding hydrogens is 352 g/mol. The molecule has 1 N–H and O–H groups in total. The van der Waals surface area contributed by atoms with Crippen LogP contribution in [0.3, 0.4) is 0 Å². The number of nitrogens with one attached hydrogen (secondary N) is 1. The van der Waals surface area contributed by atoms with Crippen molar-refractivity contribution in [3.63, 3.8) is 0 Å². The highest BCUT2D eigenvalue weighted by Crippen LogP contribution is 2.32. The van der Waals surface area contributed by atoms with E-state index in [-0.39, 0.29) is 23.8 Å². The molecule has 2 heterocycles. The third-order valence-corrected chi connectivity index (χ3v) is 5.78. The average molecular weight is 374 g/mol. The van der Waals surface area contributed by atoms with Crippen LogP contribution >= 0.6 is 0 Å². The molecule has 4 rings (SSSR count). The summed E-state index contributed by atoms with van der Waals surface area (Å²) in [7, 11) is -0.964. The van der Waals surface area contributed by atoms with E-state index >= 15 is 0 Å². The molecule has 2 aromatic rings. The summed E-state index contributed by atoms with van der Waals surface area (Å²) in [6.07, 6.45) is 5.71. The average Bonchev–Trinajstić information content (AvgIpc) is 3.11. The van der Waals surface area contributed by atoms with Gasteiger partial charge in [0.2, 0.25) is 5.89 Å². The minimum absolute atomic E-state index is 0.0324. The highest BCUT2D eigenvalue weighted by Gasteiger charge is 2.32. The second kappa shape index (κ2) is 7.28. The molecule has 2 fully saturated rings. The SMILES string of the molecule is C[S@](=O)c1ccc(CN2CCC[C@H]2c2nc(C(=O)NC3CC3)no2)cc1. The van der Waals surface area contributed by atoms with E-state index in [2.05, 4.69) is 20.4 Å². The zero-order valence-electron chi connectivity index (χ0n) is 14.7.